The van der Waals surface area contributed by atoms with Crippen molar-refractivity contribution in [1.82, 2.24) is 5.32 Å². The van der Waals surface area contributed by atoms with E-state index in [1.165, 1.54) is 20.0 Å². The molecule has 1 saturated carbocycles. The van der Waals surface area contributed by atoms with Gasteiger partial charge in [-0.25, -0.2) is 4.39 Å². The molecule has 2 nitrogen and oxygen atoms in total. The van der Waals surface area contributed by atoms with E-state index in [-0.39, 0.29) is 5.82 Å². The van der Waals surface area contributed by atoms with Gasteiger partial charge in [0.1, 0.15) is 0 Å². The third-order valence-corrected chi connectivity index (χ3v) is 3.81. The first kappa shape index (κ1) is 14.3. The molecule has 1 fully saturated rings. The van der Waals surface area contributed by atoms with Crippen LogP contribution in [0.2, 0.25) is 0 Å². The highest BCUT2D eigenvalue weighted by Gasteiger charge is 2.41. The van der Waals surface area contributed by atoms with E-state index in [0.29, 0.717) is 17.1 Å². The summed E-state index contributed by atoms with van der Waals surface area (Å²) >= 11 is 0. The van der Waals surface area contributed by atoms with Gasteiger partial charge < -0.3 is 10.1 Å². The molecule has 0 bridgehead atoms. The van der Waals surface area contributed by atoms with Crippen LogP contribution in [0.3, 0.4) is 0 Å². The maximum absolute atomic E-state index is 13.7. The topological polar surface area (TPSA) is 21.3 Å². The van der Waals surface area contributed by atoms with Crippen LogP contribution in [0.5, 0.6) is 5.75 Å². The Morgan fingerprint density at radius 3 is 2.63 bits per heavy atom. The molecular weight excluding hydrogens is 241 g/mol. The molecule has 0 unspecified atom stereocenters. The lowest BCUT2D eigenvalue weighted by Crippen LogP contribution is -2.28. The molecule has 19 heavy (non-hydrogen) atoms. The summed E-state index contributed by atoms with van der Waals surface area (Å²) in [4.78, 5) is 0. The molecule has 1 aromatic rings. The molecule has 106 valence electrons. The van der Waals surface area contributed by atoms with E-state index in [9.17, 15) is 4.39 Å². The van der Waals surface area contributed by atoms with Crippen LogP contribution in [0.4, 0.5) is 4.39 Å². The smallest absolute Gasteiger partial charge is 0.165 e. The summed E-state index contributed by atoms with van der Waals surface area (Å²) in [7, 11) is 1.50. The average Bonchev–Trinajstić information content (AvgIpc) is 3.09. The van der Waals surface area contributed by atoms with Gasteiger partial charge in [0.05, 0.1) is 7.11 Å². The number of hydrogen-bond donors (Lipinski definition) is 1. The van der Waals surface area contributed by atoms with Gasteiger partial charge in [-0.05, 0) is 54.8 Å². The third kappa shape index (κ3) is 3.93. The zero-order chi connectivity index (χ0) is 13.9. The van der Waals surface area contributed by atoms with Gasteiger partial charge in [0, 0.05) is 6.54 Å². The summed E-state index contributed by atoms with van der Waals surface area (Å²) in [6, 6.07) is 5.31. The molecule has 0 amide bonds. The van der Waals surface area contributed by atoms with Crippen LogP contribution in [0, 0.1) is 17.2 Å². The Hall–Kier alpha value is -1.09. The number of methoxy groups -OCH3 is 1. The number of rotatable bonds is 7. The van der Waals surface area contributed by atoms with Crippen molar-refractivity contribution >= 4 is 0 Å². The molecular formula is C16H24FNO. The SMILES string of the molecule is COc1ccc(CC2(CNCC(C)C)CC2)cc1F. The minimum Gasteiger partial charge on any atom is -0.494 e. The first-order valence-electron chi connectivity index (χ1n) is 7.08. The molecule has 0 radical (unpaired) electrons. The molecule has 0 atom stereocenters. The highest BCUT2D eigenvalue weighted by Crippen LogP contribution is 2.48. The summed E-state index contributed by atoms with van der Waals surface area (Å²) in [6.07, 6.45) is 3.44. The monoisotopic (exact) mass is 265 g/mol. The van der Waals surface area contributed by atoms with E-state index >= 15 is 0 Å². The minimum absolute atomic E-state index is 0.258. The predicted octanol–water partition coefficient (Wildman–Crippen LogP) is 3.40. The zero-order valence-electron chi connectivity index (χ0n) is 12.1. The molecule has 1 N–H and O–H groups in total. The van der Waals surface area contributed by atoms with Crippen LogP contribution in [0.15, 0.2) is 18.2 Å². The van der Waals surface area contributed by atoms with Crippen molar-refractivity contribution in [1.29, 1.82) is 0 Å². The molecule has 1 aromatic carbocycles. The van der Waals surface area contributed by atoms with Crippen LogP contribution in [-0.4, -0.2) is 20.2 Å². The van der Waals surface area contributed by atoms with Crippen LogP contribution in [-0.2, 0) is 6.42 Å². The van der Waals surface area contributed by atoms with Crippen molar-refractivity contribution in [3.05, 3.63) is 29.6 Å². The standard InChI is InChI=1S/C16H24FNO/c1-12(2)10-18-11-16(6-7-16)9-13-4-5-15(19-3)14(17)8-13/h4-5,8,12,18H,6-7,9-11H2,1-3H3. The maximum Gasteiger partial charge on any atom is 0.165 e. The Labute approximate surface area is 115 Å². The second kappa shape index (κ2) is 5.91. The van der Waals surface area contributed by atoms with Crippen molar-refractivity contribution in [2.45, 2.75) is 33.1 Å². The highest BCUT2D eigenvalue weighted by molar-refractivity contribution is 5.30. The molecule has 3 heteroatoms. The van der Waals surface area contributed by atoms with Crippen molar-refractivity contribution in [3.8, 4) is 5.75 Å². The summed E-state index contributed by atoms with van der Waals surface area (Å²) in [5.74, 6) is 0.742. The van der Waals surface area contributed by atoms with E-state index in [0.717, 1.165) is 25.1 Å². The van der Waals surface area contributed by atoms with Gasteiger partial charge in [-0.3, -0.25) is 0 Å². The minimum atomic E-state index is -0.258. The van der Waals surface area contributed by atoms with Crippen molar-refractivity contribution in [3.63, 3.8) is 0 Å². The molecule has 0 aromatic heterocycles. The highest BCUT2D eigenvalue weighted by atomic mass is 19.1. The Bertz CT molecular complexity index is 427. The fraction of sp³-hybridized carbons (Fsp3) is 0.625. The van der Waals surface area contributed by atoms with E-state index in [4.69, 9.17) is 4.74 Å². The summed E-state index contributed by atoms with van der Waals surface area (Å²) in [5.41, 5.74) is 1.43. The summed E-state index contributed by atoms with van der Waals surface area (Å²) < 4.78 is 18.6. The number of benzene rings is 1. The average molecular weight is 265 g/mol. The van der Waals surface area contributed by atoms with Crippen LogP contribution < -0.4 is 10.1 Å². The van der Waals surface area contributed by atoms with Gasteiger partial charge >= 0.3 is 0 Å². The second-order valence-corrected chi connectivity index (χ2v) is 6.17. The first-order chi connectivity index (χ1) is 9.04. The van der Waals surface area contributed by atoms with Crippen molar-refractivity contribution in [2.75, 3.05) is 20.2 Å². The summed E-state index contributed by atoms with van der Waals surface area (Å²) in [5, 5.41) is 3.53. The third-order valence-electron chi connectivity index (χ3n) is 3.81. The van der Waals surface area contributed by atoms with Gasteiger partial charge in [0.15, 0.2) is 11.6 Å². The van der Waals surface area contributed by atoms with Gasteiger partial charge in [0.2, 0.25) is 0 Å². The van der Waals surface area contributed by atoms with Gasteiger partial charge in [-0.1, -0.05) is 19.9 Å². The second-order valence-electron chi connectivity index (χ2n) is 6.17. The molecule has 1 aliphatic rings. The number of halogens is 1. The van der Waals surface area contributed by atoms with E-state index < -0.39 is 0 Å². The lowest BCUT2D eigenvalue weighted by molar-refractivity contribution is 0.385. The Balaban J connectivity index is 1.91. The predicted molar refractivity (Wildman–Crippen MR) is 76.0 cm³/mol. The van der Waals surface area contributed by atoms with Gasteiger partial charge in [-0.15, -0.1) is 0 Å². The Kier molecular flexibility index (Phi) is 4.46. The fourth-order valence-electron chi connectivity index (χ4n) is 2.47. The molecule has 0 heterocycles. The van der Waals surface area contributed by atoms with E-state index in [2.05, 4.69) is 19.2 Å². The molecule has 0 saturated heterocycles. The molecule has 2 rings (SSSR count). The van der Waals surface area contributed by atoms with E-state index in [1.54, 1.807) is 12.1 Å². The summed E-state index contributed by atoms with van der Waals surface area (Å²) in [6.45, 7) is 6.52. The lowest BCUT2D eigenvalue weighted by Gasteiger charge is -2.17. The van der Waals surface area contributed by atoms with Gasteiger partial charge in [-0.2, -0.15) is 0 Å². The Morgan fingerprint density at radius 1 is 1.37 bits per heavy atom. The molecule has 0 spiro atoms. The zero-order valence-corrected chi connectivity index (χ0v) is 12.1. The normalized spacial score (nSPS) is 16.7. The Morgan fingerprint density at radius 2 is 2.11 bits per heavy atom. The van der Waals surface area contributed by atoms with Crippen molar-refractivity contribution < 1.29 is 9.13 Å². The number of hydrogen-bond acceptors (Lipinski definition) is 2. The number of ether oxygens (including phenoxy) is 1. The van der Waals surface area contributed by atoms with Crippen molar-refractivity contribution in [2.24, 2.45) is 11.3 Å². The quantitative estimate of drug-likeness (QED) is 0.816. The molecule has 0 aliphatic heterocycles. The van der Waals surface area contributed by atoms with E-state index in [1.807, 2.05) is 6.07 Å². The van der Waals surface area contributed by atoms with Crippen LogP contribution in [0.1, 0.15) is 32.3 Å². The maximum atomic E-state index is 13.7. The van der Waals surface area contributed by atoms with Crippen LogP contribution in [0.25, 0.3) is 0 Å². The van der Waals surface area contributed by atoms with Gasteiger partial charge in [0.25, 0.3) is 0 Å². The fourth-order valence-corrected chi connectivity index (χ4v) is 2.47. The largest absolute Gasteiger partial charge is 0.494 e. The van der Waals surface area contributed by atoms with Crippen LogP contribution >= 0.6 is 0 Å². The lowest BCUT2D eigenvalue weighted by atomic mass is 9.96. The molecule has 1 aliphatic carbocycles. The first-order valence-corrected chi connectivity index (χ1v) is 7.08. The number of nitrogens with one attached hydrogen (secondary N) is 1.